The molecule has 0 heterocycles. The first-order valence-corrected chi connectivity index (χ1v) is 7.93. The van der Waals surface area contributed by atoms with Crippen LogP contribution in [0.1, 0.15) is 32.3 Å². The Morgan fingerprint density at radius 1 is 1.23 bits per heavy atom. The fraction of sp³-hybridized carbons (Fsp3) is 0.467. The molecule has 3 amide bonds. The molecule has 1 rings (SSSR count). The highest BCUT2D eigenvalue weighted by atomic mass is 35.5. The predicted octanol–water partition coefficient (Wildman–Crippen LogP) is 3.10. The van der Waals surface area contributed by atoms with Crippen LogP contribution in [0.5, 0.6) is 0 Å². The van der Waals surface area contributed by atoms with Crippen LogP contribution >= 0.6 is 23.2 Å². The molecule has 0 saturated heterocycles. The Hall–Kier alpha value is -1.46. The number of nitrogens with one attached hydrogen (secondary N) is 3. The minimum absolute atomic E-state index is 0.0737. The van der Waals surface area contributed by atoms with Crippen LogP contribution in [0.25, 0.3) is 0 Å². The second kappa shape index (κ2) is 9.54. The van der Waals surface area contributed by atoms with Gasteiger partial charge < -0.3 is 16.0 Å². The molecular formula is C15H21Cl2N3O2. The topological polar surface area (TPSA) is 70.2 Å². The number of rotatable bonds is 7. The lowest BCUT2D eigenvalue weighted by Crippen LogP contribution is -2.38. The van der Waals surface area contributed by atoms with Gasteiger partial charge in [-0.2, -0.15) is 0 Å². The van der Waals surface area contributed by atoms with E-state index in [0.717, 1.165) is 12.0 Å². The third kappa shape index (κ3) is 7.00. The Morgan fingerprint density at radius 3 is 2.59 bits per heavy atom. The van der Waals surface area contributed by atoms with Gasteiger partial charge in [0.2, 0.25) is 5.91 Å². The van der Waals surface area contributed by atoms with Crippen molar-refractivity contribution in [3.05, 3.63) is 33.8 Å². The molecule has 22 heavy (non-hydrogen) atoms. The van der Waals surface area contributed by atoms with Crippen molar-refractivity contribution in [1.29, 1.82) is 0 Å². The highest BCUT2D eigenvalue weighted by Gasteiger charge is 2.07. The number of carbonyl (C=O) groups is 2. The van der Waals surface area contributed by atoms with E-state index in [1.54, 1.807) is 18.2 Å². The summed E-state index contributed by atoms with van der Waals surface area (Å²) in [6.45, 7) is 4.51. The maximum absolute atomic E-state index is 11.6. The molecular weight excluding hydrogens is 325 g/mol. The molecule has 0 saturated carbocycles. The van der Waals surface area contributed by atoms with Crippen molar-refractivity contribution in [2.45, 2.75) is 39.3 Å². The van der Waals surface area contributed by atoms with E-state index in [4.69, 9.17) is 23.2 Å². The summed E-state index contributed by atoms with van der Waals surface area (Å²) in [5, 5.41) is 9.18. The Labute approximate surface area is 140 Å². The molecule has 1 aromatic carbocycles. The number of amides is 3. The Morgan fingerprint density at radius 2 is 1.95 bits per heavy atom. The van der Waals surface area contributed by atoms with E-state index in [1.807, 2.05) is 13.8 Å². The van der Waals surface area contributed by atoms with Crippen LogP contribution in [0.4, 0.5) is 4.79 Å². The van der Waals surface area contributed by atoms with Crippen molar-refractivity contribution < 1.29 is 9.59 Å². The molecule has 0 radical (unpaired) electrons. The van der Waals surface area contributed by atoms with Gasteiger partial charge in [0.1, 0.15) is 0 Å². The van der Waals surface area contributed by atoms with Crippen LogP contribution in [0.2, 0.25) is 10.0 Å². The molecule has 7 heteroatoms. The standard InChI is InChI=1S/C15H21Cl2N3O2/c1-3-10(2)20-14(21)6-7-18-15(22)19-9-11-4-5-12(16)8-13(11)17/h4-5,8,10H,3,6-7,9H2,1-2H3,(H,20,21)(H2,18,19,22). The van der Waals surface area contributed by atoms with Crippen molar-refractivity contribution in [2.24, 2.45) is 0 Å². The fourth-order valence-electron chi connectivity index (χ4n) is 1.64. The van der Waals surface area contributed by atoms with Gasteiger partial charge in [0, 0.05) is 35.6 Å². The molecule has 0 fully saturated rings. The SMILES string of the molecule is CCC(C)NC(=O)CCNC(=O)NCc1ccc(Cl)cc1Cl. The smallest absolute Gasteiger partial charge is 0.315 e. The van der Waals surface area contributed by atoms with Crippen molar-refractivity contribution in [2.75, 3.05) is 6.54 Å². The summed E-state index contributed by atoms with van der Waals surface area (Å²) in [5.41, 5.74) is 0.774. The molecule has 1 unspecified atom stereocenters. The number of benzene rings is 1. The lowest BCUT2D eigenvalue weighted by atomic mass is 10.2. The van der Waals surface area contributed by atoms with E-state index in [0.29, 0.717) is 16.6 Å². The number of urea groups is 1. The maximum atomic E-state index is 11.6. The molecule has 0 aliphatic rings. The van der Waals surface area contributed by atoms with Gasteiger partial charge in [-0.25, -0.2) is 4.79 Å². The number of hydrogen-bond acceptors (Lipinski definition) is 2. The second-order valence-corrected chi connectivity index (χ2v) is 5.82. The van der Waals surface area contributed by atoms with Gasteiger partial charge in [0.25, 0.3) is 0 Å². The average Bonchev–Trinajstić information content (AvgIpc) is 2.46. The Balaban J connectivity index is 2.25. The third-order valence-corrected chi connectivity index (χ3v) is 3.70. The molecule has 0 spiro atoms. The predicted molar refractivity (Wildman–Crippen MR) is 89.2 cm³/mol. The molecule has 1 aromatic rings. The zero-order valence-corrected chi connectivity index (χ0v) is 14.2. The van der Waals surface area contributed by atoms with E-state index in [9.17, 15) is 9.59 Å². The molecule has 0 aromatic heterocycles. The van der Waals surface area contributed by atoms with Crippen LogP contribution in [-0.4, -0.2) is 24.5 Å². The first-order chi connectivity index (χ1) is 10.4. The lowest BCUT2D eigenvalue weighted by Gasteiger charge is -2.12. The van der Waals surface area contributed by atoms with Gasteiger partial charge in [0.05, 0.1) is 0 Å². The zero-order valence-electron chi connectivity index (χ0n) is 12.7. The molecule has 0 aliphatic heterocycles. The van der Waals surface area contributed by atoms with Gasteiger partial charge in [-0.1, -0.05) is 36.2 Å². The van der Waals surface area contributed by atoms with Crippen LogP contribution < -0.4 is 16.0 Å². The highest BCUT2D eigenvalue weighted by Crippen LogP contribution is 2.20. The Kier molecular flexibility index (Phi) is 8.06. The van der Waals surface area contributed by atoms with Crippen LogP contribution in [0, 0.1) is 0 Å². The minimum atomic E-state index is -0.345. The van der Waals surface area contributed by atoms with E-state index in [2.05, 4.69) is 16.0 Å². The quantitative estimate of drug-likeness (QED) is 0.710. The number of halogens is 2. The lowest BCUT2D eigenvalue weighted by molar-refractivity contribution is -0.121. The van der Waals surface area contributed by atoms with Crippen molar-refractivity contribution >= 4 is 35.1 Å². The summed E-state index contributed by atoms with van der Waals surface area (Å²) in [6, 6.07) is 4.89. The van der Waals surface area contributed by atoms with Crippen LogP contribution in [0.3, 0.4) is 0 Å². The minimum Gasteiger partial charge on any atom is -0.354 e. The van der Waals surface area contributed by atoms with E-state index in [-0.39, 0.29) is 30.9 Å². The van der Waals surface area contributed by atoms with Crippen LogP contribution in [-0.2, 0) is 11.3 Å². The summed E-state index contributed by atoms with van der Waals surface area (Å²) in [5.74, 6) is -0.0737. The first kappa shape index (κ1) is 18.6. The van der Waals surface area contributed by atoms with Gasteiger partial charge in [0.15, 0.2) is 0 Å². The number of hydrogen-bond donors (Lipinski definition) is 3. The third-order valence-electron chi connectivity index (χ3n) is 3.11. The van der Waals surface area contributed by atoms with E-state index in [1.165, 1.54) is 0 Å². The molecule has 0 aliphatic carbocycles. The van der Waals surface area contributed by atoms with Gasteiger partial charge in [-0.3, -0.25) is 4.79 Å². The molecule has 5 nitrogen and oxygen atoms in total. The summed E-state index contributed by atoms with van der Waals surface area (Å²) < 4.78 is 0. The summed E-state index contributed by atoms with van der Waals surface area (Å²) in [4.78, 5) is 23.2. The monoisotopic (exact) mass is 345 g/mol. The second-order valence-electron chi connectivity index (χ2n) is 4.97. The van der Waals surface area contributed by atoms with Crippen molar-refractivity contribution in [3.8, 4) is 0 Å². The molecule has 122 valence electrons. The zero-order chi connectivity index (χ0) is 16.5. The fourth-order valence-corrected chi connectivity index (χ4v) is 2.12. The highest BCUT2D eigenvalue weighted by molar-refractivity contribution is 6.35. The largest absolute Gasteiger partial charge is 0.354 e. The van der Waals surface area contributed by atoms with E-state index < -0.39 is 0 Å². The van der Waals surface area contributed by atoms with Gasteiger partial charge >= 0.3 is 6.03 Å². The van der Waals surface area contributed by atoms with Gasteiger partial charge in [-0.15, -0.1) is 0 Å². The summed E-state index contributed by atoms with van der Waals surface area (Å²) >= 11 is 11.8. The van der Waals surface area contributed by atoms with Crippen molar-refractivity contribution in [1.82, 2.24) is 16.0 Å². The van der Waals surface area contributed by atoms with Crippen molar-refractivity contribution in [3.63, 3.8) is 0 Å². The summed E-state index contributed by atoms with van der Waals surface area (Å²) in [7, 11) is 0. The van der Waals surface area contributed by atoms with Gasteiger partial charge in [-0.05, 0) is 31.0 Å². The Bertz CT molecular complexity index is 524. The van der Waals surface area contributed by atoms with E-state index >= 15 is 0 Å². The number of carbonyl (C=O) groups excluding carboxylic acids is 2. The normalized spacial score (nSPS) is 11.6. The molecule has 3 N–H and O–H groups in total. The van der Waals surface area contributed by atoms with Crippen LogP contribution in [0.15, 0.2) is 18.2 Å². The summed E-state index contributed by atoms with van der Waals surface area (Å²) in [6.07, 6.45) is 1.13. The molecule has 0 bridgehead atoms. The first-order valence-electron chi connectivity index (χ1n) is 7.17. The maximum Gasteiger partial charge on any atom is 0.315 e. The average molecular weight is 346 g/mol. The molecule has 1 atom stereocenters.